The van der Waals surface area contributed by atoms with Crippen LogP contribution in [0, 0.1) is 5.92 Å². The topological polar surface area (TPSA) is 112 Å². The van der Waals surface area contributed by atoms with E-state index in [4.69, 9.17) is 4.42 Å². The SMILES string of the molecule is CCCCCC(CN(O)C=O)C(=O)NCNC(=O)c1ccc(-c2cccc(SCC)c2)o1. The minimum absolute atomic E-state index is 0.0902. The van der Waals surface area contributed by atoms with Crippen LogP contribution in [0.5, 0.6) is 0 Å². The molecular formula is C23H31N3O5S. The van der Waals surface area contributed by atoms with Crippen molar-refractivity contribution >= 4 is 30.0 Å². The zero-order valence-corrected chi connectivity index (χ0v) is 19.3. The summed E-state index contributed by atoms with van der Waals surface area (Å²) in [5.41, 5.74) is 0.884. The van der Waals surface area contributed by atoms with E-state index < -0.39 is 11.8 Å². The number of amides is 3. The van der Waals surface area contributed by atoms with E-state index in [1.807, 2.05) is 24.3 Å². The van der Waals surface area contributed by atoms with Crippen LogP contribution in [0.4, 0.5) is 0 Å². The molecule has 2 rings (SSSR count). The summed E-state index contributed by atoms with van der Waals surface area (Å²) in [6.45, 7) is 3.95. The van der Waals surface area contributed by atoms with Crippen LogP contribution < -0.4 is 10.6 Å². The quantitative estimate of drug-likeness (QED) is 0.0982. The highest BCUT2D eigenvalue weighted by Gasteiger charge is 2.21. The average molecular weight is 462 g/mol. The third-order valence-corrected chi connectivity index (χ3v) is 5.70. The number of carbonyl (C=O) groups is 3. The molecule has 32 heavy (non-hydrogen) atoms. The molecule has 0 spiro atoms. The molecule has 2 aromatic rings. The number of nitrogens with one attached hydrogen (secondary N) is 2. The lowest BCUT2D eigenvalue weighted by Crippen LogP contribution is -2.42. The maximum absolute atomic E-state index is 12.4. The van der Waals surface area contributed by atoms with E-state index in [9.17, 15) is 19.6 Å². The number of thioether (sulfide) groups is 1. The Bertz CT molecular complexity index is 886. The van der Waals surface area contributed by atoms with Crippen molar-refractivity contribution in [2.75, 3.05) is 19.0 Å². The van der Waals surface area contributed by atoms with Crippen LogP contribution in [0.1, 0.15) is 50.1 Å². The normalized spacial score (nSPS) is 11.6. The predicted molar refractivity (Wildman–Crippen MR) is 123 cm³/mol. The number of hydroxylamine groups is 2. The molecule has 1 atom stereocenters. The molecule has 3 amide bonds. The van der Waals surface area contributed by atoms with E-state index in [1.54, 1.807) is 23.9 Å². The van der Waals surface area contributed by atoms with Crippen LogP contribution in [-0.2, 0) is 9.59 Å². The number of hydrogen-bond acceptors (Lipinski definition) is 6. The lowest BCUT2D eigenvalue weighted by molar-refractivity contribution is -0.154. The average Bonchev–Trinajstić information content (AvgIpc) is 3.29. The smallest absolute Gasteiger partial charge is 0.288 e. The third kappa shape index (κ3) is 8.05. The van der Waals surface area contributed by atoms with Gasteiger partial charge in [-0.1, -0.05) is 45.2 Å². The first-order valence-corrected chi connectivity index (χ1v) is 11.8. The molecular weight excluding hydrogens is 430 g/mol. The maximum Gasteiger partial charge on any atom is 0.288 e. The number of nitrogens with zero attached hydrogens (tertiary/aromatic N) is 1. The molecule has 0 fully saturated rings. The van der Waals surface area contributed by atoms with Crippen molar-refractivity contribution in [2.24, 2.45) is 5.92 Å². The van der Waals surface area contributed by atoms with E-state index in [0.29, 0.717) is 17.2 Å². The molecule has 174 valence electrons. The Kier molecular flexibility index (Phi) is 10.8. The van der Waals surface area contributed by atoms with Gasteiger partial charge >= 0.3 is 0 Å². The van der Waals surface area contributed by atoms with Gasteiger partial charge in [-0.15, -0.1) is 11.8 Å². The Morgan fingerprint density at radius 1 is 1.19 bits per heavy atom. The summed E-state index contributed by atoms with van der Waals surface area (Å²) in [5, 5.41) is 15.1. The highest BCUT2D eigenvalue weighted by molar-refractivity contribution is 7.99. The fourth-order valence-electron chi connectivity index (χ4n) is 3.18. The van der Waals surface area contributed by atoms with Gasteiger partial charge in [-0.25, -0.2) is 5.06 Å². The van der Waals surface area contributed by atoms with Crippen LogP contribution >= 0.6 is 11.8 Å². The van der Waals surface area contributed by atoms with Gasteiger partial charge in [0.15, 0.2) is 5.76 Å². The number of rotatable bonds is 14. The fraction of sp³-hybridized carbons (Fsp3) is 0.435. The molecule has 0 aliphatic heterocycles. The minimum Gasteiger partial charge on any atom is -0.451 e. The highest BCUT2D eigenvalue weighted by atomic mass is 32.2. The first kappa shape index (κ1) is 25.5. The van der Waals surface area contributed by atoms with Crippen molar-refractivity contribution in [3.05, 3.63) is 42.2 Å². The summed E-state index contributed by atoms with van der Waals surface area (Å²) < 4.78 is 5.69. The molecule has 8 nitrogen and oxygen atoms in total. The van der Waals surface area contributed by atoms with Crippen LogP contribution in [0.2, 0.25) is 0 Å². The first-order chi connectivity index (χ1) is 15.5. The Balaban J connectivity index is 1.89. The molecule has 1 aromatic carbocycles. The highest BCUT2D eigenvalue weighted by Crippen LogP contribution is 2.27. The Morgan fingerprint density at radius 2 is 2.00 bits per heavy atom. The number of unbranched alkanes of at least 4 members (excludes halogenated alkanes) is 2. The van der Waals surface area contributed by atoms with Gasteiger partial charge in [-0.05, 0) is 36.4 Å². The molecule has 0 saturated heterocycles. The zero-order chi connectivity index (χ0) is 23.3. The van der Waals surface area contributed by atoms with Crippen molar-refractivity contribution in [3.63, 3.8) is 0 Å². The molecule has 0 aliphatic rings. The van der Waals surface area contributed by atoms with Gasteiger partial charge in [0, 0.05) is 10.5 Å². The summed E-state index contributed by atoms with van der Waals surface area (Å²) in [7, 11) is 0. The minimum atomic E-state index is -0.558. The molecule has 0 saturated carbocycles. The number of carbonyl (C=O) groups excluding carboxylic acids is 3. The largest absolute Gasteiger partial charge is 0.451 e. The number of benzene rings is 1. The van der Waals surface area contributed by atoms with Crippen LogP contribution in [0.25, 0.3) is 11.3 Å². The summed E-state index contributed by atoms with van der Waals surface area (Å²) in [5.74, 6) is 0.349. The maximum atomic E-state index is 12.4. The zero-order valence-electron chi connectivity index (χ0n) is 18.5. The lowest BCUT2D eigenvalue weighted by Gasteiger charge is -2.19. The van der Waals surface area contributed by atoms with E-state index in [0.717, 1.165) is 35.5 Å². The van der Waals surface area contributed by atoms with E-state index >= 15 is 0 Å². The monoisotopic (exact) mass is 461 g/mol. The number of hydrogen-bond donors (Lipinski definition) is 3. The summed E-state index contributed by atoms with van der Waals surface area (Å²) in [6.07, 6.45) is 3.56. The standard InChI is InChI=1S/C23H31N3O5S/c1-3-5-6-8-18(14-26(30)16-27)22(28)24-15-25-23(29)21-12-11-20(31-21)17-9-7-10-19(13-17)32-4-2/h7,9-13,16,18,30H,3-6,8,14-15H2,1-2H3,(H,24,28)(H,25,29). The van der Waals surface area contributed by atoms with Gasteiger partial charge in [0.1, 0.15) is 5.76 Å². The van der Waals surface area contributed by atoms with Crippen molar-refractivity contribution in [1.82, 2.24) is 15.7 Å². The van der Waals surface area contributed by atoms with Crippen molar-refractivity contribution < 1.29 is 24.0 Å². The Hall–Kier alpha value is -2.78. The van der Waals surface area contributed by atoms with Gasteiger partial charge in [-0.3, -0.25) is 19.6 Å². The summed E-state index contributed by atoms with van der Waals surface area (Å²) in [4.78, 5) is 36.6. The summed E-state index contributed by atoms with van der Waals surface area (Å²) >= 11 is 1.73. The Labute approximate surface area is 192 Å². The lowest BCUT2D eigenvalue weighted by atomic mass is 10.0. The molecule has 0 bridgehead atoms. The van der Waals surface area contributed by atoms with Crippen molar-refractivity contribution in [3.8, 4) is 11.3 Å². The molecule has 3 N–H and O–H groups in total. The summed E-state index contributed by atoms with van der Waals surface area (Å²) in [6, 6.07) is 11.2. The van der Waals surface area contributed by atoms with E-state index in [1.165, 1.54) is 0 Å². The van der Waals surface area contributed by atoms with Gasteiger partial charge < -0.3 is 15.1 Å². The van der Waals surface area contributed by atoms with Gasteiger partial charge in [0.25, 0.3) is 5.91 Å². The van der Waals surface area contributed by atoms with E-state index in [2.05, 4.69) is 24.5 Å². The van der Waals surface area contributed by atoms with E-state index in [-0.39, 0.29) is 31.3 Å². The van der Waals surface area contributed by atoms with Crippen molar-refractivity contribution in [1.29, 1.82) is 0 Å². The molecule has 1 unspecified atom stereocenters. The predicted octanol–water partition coefficient (Wildman–Crippen LogP) is 3.91. The second-order valence-corrected chi connectivity index (χ2v) is 8.61. The molecule has 0 radical (unpaired) electrons. The second kappa shape index (κ2) is 13.6. The molecule has 9 heteroatoms. The Morgan fingerprint density at radius 3 is 2.72 bits per heavy atom. The first-order valence-electron chi connectivity index (χ1n) is 10.8. The fourth-order valence-corrected chi connectivity index (χ4v) is 3.90. The van der Waals surface area contributed by atoms with Crippen LogP contribution in [0.15, 0.2) is 45.7 Å². The molecule has 1 aromatic heterocycles. The molecule has 0 aliphatic carbocycles. The second-order valence-electron chi connectivity index (χ2n) is 7.27. The molecule has 1 heterocycles. The van der Waals surface area contributed by atoms with Crippen molar-refractivity contribution in [2.45, 2.75) is 44.4 Å². The van der Waals surface area contributed by atoms with Gasteiger partial charge in [-0.2, -0.15) is 0 Å². The number of furan rings is 1. The third-order valence-electron chi connectivity index (χ3n) is 4.83. The van der Waals surface area contributed by atoms with Gasteiger partial charge in [0.2, 0.25) is 12.3 Å². The van der Waals surface area contributed by atoms with Crippen LogP contribution in [-0.4, -0.2) is 47.5 Å². The van der Waals surface area contributed by atoms with Gasteiger partial charge in [0.05, 0.1) is 19.1 Å². The van der Waals surface area contributed by atoms with Crippen LogP contribution in [0.3, 0.4) is 0 Å².